The fourth-order valence-electron chi connectivity index (χ4n) is 0.0913. The number of nitrogens with zero attached hydrogens (tertiary/aromatic N) is 1. The van der Waals surface area contributed by atoms with Crippen LogP contribution in [0.4, 0.5) is 0 Å². The summed E-state index contributed by atoms with van der Waals surface area (Å²) in [5, 5.41) is 0. The molecule has 0 bridgehead atoms. The van der Waals surface area contributed by atoms with E-state index in [1.807, 2.05) is 0 Å². The maximum atomic E-state index is 5.01. The Labute approximate surface area is 31.7 Å². The summed E-state index contributed by atoms with van der Waals surface area (Å²) in [5.41, 5.74) is 5.01. The maximum Gasteiger partial charge on any atom is 0.0504 e. The molecule has 0 spiro atoms. The second-order valence-corrected chi connectivity index (χ2v) is 0.736. The van der Waals surface area contributed by atoms with Crippen molar-refractivity contribution in [2.75, 3.05) is 13.1 Å². The molecule has 30 valence electrons. The molecule has 0 atom stereocenters. The van der Waals surface area contributed by atoms with Gasteiger partial charge in [-0.3, -0.25) is 4.99 Å². The molecule has 0 radical (unpaired) electrons. The second-order valence-electron chi connectivity index (χ2n) is 0.736. The highest BCUT2D eigenvalue weighted by Gasteiger charge is 1.61. The summed E-state index contributed by atoms with van der Waals surface area (Å²) in [6.07, 6.45) is 0. The van der Waals surface area contributed by atoms with Crippen molar-refractivity contribution in [3.8, 4) is 0 Å². The van der Waals surface area contributed by atoms with E-state index in [-0.39, 0.29) is 0 Å². The Balaban J connectivity index is 2.40. The third kappa shape index (κ3) is 3.63. The molecule has 0 fully saturated rings. The molecule has 0 heterocycles. The number of rotatable bonds is 2. The van der Waals surface area contributed by atoms with Crippen LogP contribution < -0.4 is 5.73 Å². The monoisotopic (exact) mass is 72.1 g/mol. The van der Waals surface area contributed by atoms with Crippen molar-refractivity contribution >= 4 is 6.72 Å². The largest absolute Gasteiger partial charge is 0.329 e. The molecule has 0 saturated heterocycles. The van der Waals surface area contributed by atoms with E-state index in [0.717, 1.165) is 0 Å². The van der Waals surface area contributed by atoms with E-state index < -0.39 is 0 Å². The molecule has 0 amide bonds. The van der Waals surface area contributed by atoms with E-state index in [1.165, 1.54) is 0 Å². The van der Waals surface area contributed by atoms with Gasteiger partial charge in [-0.05, 0) is 6.72 Å². The Bertz CT molecular complexity index is 26.1. The van der Waals surface area contributed by atoms with Gasteiger partial charge in [0.2, 0.25) is 0 Å². The molecule has 0 unspecified atom stereocenters. The number of aliphatic imine (C=N–C) groups is 1. The molecule has 0 saturated carbocycles. The average Bonchev–Trinajstić information content (AvgIpc) is 1.41. The molecule has 5 heavy (non-hydrogen) atoms. The molecule has 0 aromatic rings. The van der Waals surface area contributed by atoms with Gasteiger partial charge < -0.3 is 5.73 Å². The van der Waals surface area contributed by atoms with Crippen LogP contribution in [-0.4, -0.2) is 19.8 Å². The van der Waals surface area contributed by atoms with Crippen LogP contribution in [0.15, 0.2) is 4.99 Å². The third-order valence-electron chi connectivity index (χ3n) is 0.287. The summed E-state index contributed by atoms with van der Waals surface area (Å²) in [4.78, 5) is 3.48. The highest BCUT2D eigenvalue weighted by Crippen LogP contribution is 1.51. The Morgan fingerprint density at radius 1 is 1.80 bits per heavy atom. The van der Waals surface area contributed by atoms with Crippen LogP contribution in [0, 0.1) is 0 Å². The fraction of sp³-hybridized carbons (Fsp3) is 0.667. The van der Waals surface area contributed by atoms with Crippen molar-refractivity contribution in [1.29, 1.82) is 0 Å². The van der Waals surface area contributed by atoms with Gasteiger partial charge in [0.05, 0.1) is 6.54 Å². The van der Waals surface area contributed by atoms with Gasteiger partial charge in [0.25, 0.3) is 0 Å². The van der Waals surface area contributed by atoms with Gasteiger partial charge in [0.15, 0.2) is 0 Å². The highest BCUT2D eigenvalue weighted by atomic mass is 14.7. The van der Waals surface area contributed by atoms with Gasteiger partial charge in [0, 0.05) is 6.54 Å². The van der Waals surface area contributed by atoms with Crippen molar-refractivity contribution in [3.63, 3.8) is 0 Å². The summed E-state index contributed by atoms with van der Waals surface area (Å²) in [7, 11) is 0. The van der Waals surface area contributed by atoms with Gasteiger partial charge in [-0.2, -0.15) is 0 Å². The summed E-state index contributed by atoms with van der Waals surface area (Å²) < 4.78 is 0. The summed E-state index contributed by atoms with van der Waals surface area (Å²) in [6, 6.07) is 0. The lowest BCUT2D eigenvalue weighted by atomic mass is 10.7. The summed E-state index contributed by atoms with van der Waals surface area (Å²) >= 11 is 0. The summed E-state index contributed by atoms with van der Waals surface area (Å²) in [5.74, 6) is 0. The minimum absolute atomic E-state index is 0.615. The van der Waals surface area contributed by atoms with E-state index in [9.17, 15) is 0 Å². The number of nitrogens with two attached hydrogens (primary N) is 1. The first-order valence-corrected chi connectivity index (χ1v) is 1.54. The highest BCUT2D eigenvalue weighted by molar-refractivity contribution is 5.23. The van der Waals surface area contributed by atoms with E-state index in [0.29, 0.717) is 13.1 Å². The van der Waals surface area contributed by atoms with Crippen LogP contribution in [0.5, 0.6) is 0 Å². The Kier molecular flexibility index (Phi) is 3.36. The predicted molar refractivity (Wildman–Crippen MR) is 23.5 cm³/mol. The van der Waals surface area contributed by atoms with Crippen LogP contribution >= 0.6 is 0 Å². The predicted octanol–water partition coefficient (Wildman–Crippen LogP) is -0.354. The first kappa shape index (κ1) is 4.63. The van der Waals surface area contributed by atoms with Gasteiger partial charge in [0.1, 0.15) is 0 Å². The molecule has 2 nitrogen and oxygen atoms in total. The zero-order chi connectivity index (χ0) is 4.12. The zero-order valence-electron chi connectivity index (χ0n) is 3.15. The molecular weight excluding hydrogens is 64.0 g/mol. The van der Waals surface area contributed by atoms with Crippen molar-refractivity contribution in [2.45, 2.75) is 0 Å². The Hall–Kier alpha value is -0.370. The van der Waals surface area contributed by atoms with Crippen LogP contribution in [0.1, 0.15) is 0 Å². The SMILES string of the molecule is C=NCCN. The number of hydrogen-bond donors (Lipinski definition) is 1. The topological polar surface area (TPSA) is 38.4 Å². The van der Waals surface area contributed by atoms with E-state index in [1.54, 1.807) is 0 Å². The zero-order valence-corrected chi connectivity index (χ0v) is 3.15. The molecular formula is C3H8N2. The molecule has 2 heteroatoms. The molecule has 0 aliphatic heterocycles. The fourth-order valence-corrected chi connectivity index (χ4v) is 0.0913. The normalized spacial score (nSPS) is 7.40. The average molecular weight is 72.1 g/mol. The lowest BCUT2D eigenvalue weighted by molar-refractivity contribution is 0.984. The van der Waals surface area contributed by atoms with Crippen LogP contribution in [-0.2, 0) is 0 Å². The summed E-state index contributed by atoms with van der Waals surface area (Å²) in [6.45, 7) is 4.52. The Morgan fingerprint density at radius 2 is 2.40 bits per heavy atom. The minimum Gasteiger partial charge on any atom is -0.329 e. The second kappa shape index (κ2) is 3.63. The van der Waals surface area contributed by atoms with Gasteiger partial charge in [-0.15, -0.1) is 0 Å². The van der Waals surface area contributed by atoms with Crippen LogP contribution in [0.3, 0.4) is 0 Å². The van der Waals surface area contributed by atoms with Gasteiger partial charge in [-0.25, -0.2) is 0 Å². The van der Waals surface area contributed by atoms with Crippen LogP contribution in [0.25, 0.3) is 0 Å². The molecule has 0 rings (SSSR count). The minimum atomic E-state index is 0.615. The lowest BCUT2D eigenvalue weighted by Gasteiger charge is -1.75. The lowest BCUT2D eigenvalue weighted by Crippen LogP contribution is -2.00. The molecule has 0 aliphatic carbocycles. The quantitative estimate of drug-likeness (QED) is 0.445. The van der Waals surface area contributed by atoms with Crippen molar-refractivity contribution in [3.05, 3.63) is 0 Å². The molecule has 0 aromatic heterocycles. The van der Waals surface area contributed by atoms with E-state index in [2.05, 4.69) is 11.7 Å². The van der Waals surface area contributed by atoms with Gasteiger partial charge >= 0.3 is 0 Å². The van der Waals surface area contributed by atoms with Crippen molar-refractivity contribution < 1.29 is 0 Å². The van der Waals surface area contributed by atoms with E-state index >= 15 is 0 Å². The first-order chi connectivity index (χ1) is 2.41. The van der Waals surface area contributed by atoms with Crippen LogP contribution in [0.2, 0.25) is 0 Å². The van der Waals surface area contributed by atoms with Gasteiger partial charge in [-0.1, -0.05) is 0 Å². The molecule has 0 aromatic carbocycles. The smallest absolute Gasteiger partial charge is 0.0504 e. The molecule has 0 aliphatic rings. The third-order valence-corrected chi connectivity index (χ3v) is 0.287. The van der Waals surface area contributed by atoms with E-state index in [4.69, 9.17) is 5.73 Å². The Morgan fingerprint density at radius 3 is 2.40 bits per heavy atom. The standard InChI is InChI=1S/C3H8N2/c1-5-3-2-4/h1-4H2. The molecule has 2 N–H and O–H groups in total. The first-order valence-electron chi connectivity index (χ1n) is 1.54. The van der Waals surface area contributed by atoms with Crippen molar-refractivity contribution in [2.24, 2.45) is 10.7 Å². The maximum absolute atomic E-state index is 5.01. The number of hydrogen-bond acceptors (Lipinski definition) is 2. The van der Waals surface area contributed by atoms with Crippen molar-refractivity contribution in [1.82, 2.24) is 0 Å².